The minimum atomic E-state index is -0.251. The van der Waals surface area contributed by atoms with Crippen molar-refractivity contribution < 1.29 is 19.0 Å². The van der Waals surface area contributed by atoms with Crippen LogP contribution < -0.4 is 14.5 Å². The average Bonchev–Trinajstić information content (AvgIpc) is 3.04. The molecule has 1 unspecified atom stereocenters. The van der Waals surface area contributed by atoms with Crippen LogP contribution in [0.15, 0.2) is 41.6 Å². The zero-order valence-electron chi connectivity index (χ0n) is 19.6. The smallest absolute Gasteiger partial charge is 0.264 e. The molecule has 5 rings (SSSR count). The van der Waals surface area contributed by atoms with Gasteiger partial charge in [0.2, 0.25) is 0 Å². The number of ether oxygens (including phenoxy) is 3. The van der Waals surface area contributed by atoms with Gasteiger partial charge < -0.3 is 19.1 Å². The molecular formula is C25H28N4O4S. The Morgan fingerprint density at radius 1 is 1.18 bits per heavy atom. The predicted octanol–water partition coefficient (Wildman–Crippen LogP) is 4.28. The fraction of sp³-hybridized carbons (Fsp3) is 0.400. The number of aromatic nitrogens is 2. The summed E-state index contributed by atoms with van der Waals surface area (Å²) in [5, 5.41) is 2.63. The molecule has 178 valence electrons. The van der Waals surface area contributed by atoms with Crippen molar-refractivity contribution in [2.45, 2.75) is 24.5 Å². The predicted molar refractivity (Wildman–Crippen MR) is 133 cm³/mol. The second-order valence-electron chi connectivity index (χ2n) is 8.31. The number of nitrogens with zero attached hydrogens (tertiary/aromatic N) is 4. The number of rotatable bonds is 6. The first-order valence-corrected chi connectivity index (χ1v) is 12.6. The van der Waals surface area contributed by atoms with E-state index in [4.69, 9.17) is 24.2 Å². The van der Waals surface area contributed by atoms with Crippen molar-refractivity contribution in [2.75, 3.05) is 56.3 Å². The number of hydrogen-bond acceptors (Lipinski definition) is 8. The molecular weight excluding hydrogens is 452 g/mol. The van der Waals surface area contributed by atoms with E-state index in [1.807, 2.05) is 54.5 Å². The van der Waals surface area contributed by atoms with Gasteiger partial charge in [0.15, 0.2) is 11.9 Å². The molecule has 0 N–H and O–H groups in total. The molecule has 8 nitrogen and oxygen atoms in total. The van der Waals surface area contributed by atoms with Gasteiger partial charge in [-0.1, -0.05) is 36.0 Å². The minimum absolute atomic E-state index is 0.0932. The maximum atomic E-state index is 14.0. The quantitative estimate of drug-likeness (QED) is 0.294. The number of carbonyl (C=O) groups is 1. The van der Waals surface area contributed by atoms with E-state index in [2.05, 4.69) is 4.90 Å². The summed E-state index contributed by atoms with van der Waals surface area (Å²) in [4.78, 5) is 27.6. The average molecular weight is 481 g/mol. The van der Waals surface area contributed by atoms with Crippen LogP contribution in [0.3, 0.4) is 0 Å². The lowest BCUT2D eigenvalue weighted by Crippen LogP contribution is -2.30. The van der Waals surface area contributed by atoms with Crippen LogP contribution >= 0.6 is 11.8 Å². The SMILES string of the molecule is COCOc1cc(N2C(=O)c3c(nc(SC)nc3N3CCCOCC3)C2C)c2ccccc2c1. The highest BCUT2D eigenvalue weighted by Gasteiger charge is 2.41. The maximum absolute atomic E-state index is 14.0. The fourth-order valence-corrected chi connectivity index (χ4v) is 5.01. The highest BCUT2D eigenvalue weighted by atomic mass is 32.2. The van der Waals surface area contributed by atoms with Crippen molar-refractivity contribution in [3.8, 4) is 5.75 Å². The Kier molecular flexibility index (Phi) is 6.58. The molecule has 1 saturated heterocycles. The molecule has 0 saturated carbocycles. The first-order chi connectivity index (χ1) is 16.6. The molecule has 2 aliphatic heterocycles. The summed E-state index contributed by atoms with van der Waals surface area (Å²) in [5.41, 5.74) is 2.13. The highest BCUT2D eigenvalue weighted by Crippen LogP contribution is 2.44. The summed E-state index contributed by atoms with van der Waals surface area (Å²) >= 11 is 1.49. The molecule has 0 bridgehead atoms. The van der Waals surface area contributed by atoms with Crippen LogP contribution in [0, 0.1) is 0 Å². The molecule has 9 heteroatoms. The van der Waals surface area contributed by atoms with Gasteiger partial charge >= 0.3 is 0 Å². The van der Waals surface area contributed by atoms with Crippen LogP contribution in [0.5, 0.6) is 5.75 Å². The number of amides is 1. The summed E-state index contributed by atoms with van der Waals surface area (Å²) < 4.78 is 16.5. The van der Waals surface area contributed by atoms with E-state index in [0.717, 1.165) is 41.7 Å². The molecule has 0 aliphatic carbocycles. The number of thioether (sulfide) groups is 1. The number of anilines is 2. The first kappa shape index (κ1) is 22.9. The van der Waals surface area contributed by atoms with E-state index in [9.17, 15) is 4.79 Å². The van der Waals surface area contributed by atoms with Gasteiger partial charge in [-0.05, 0) is 31.1 Å². The zero-order valence-corrected chi connectivity index (χ0v) is 20.4. The Morgan fingerprint density at radius 2 is 2.03 bits per heavy atom. The third-order valence-corrected chi connectivity index (χ3v) is 6.78. The van der Waals surface area contributed by atoms with Gasteiger partial charge in [0.05, 0.1) is 24.0 Å². The molecule has 1 aromatic heterocycles. The number of carbonyl (C=O) groups excluding carboxylic acids is 1. The summed E-state index contributed by atoms with van der Waals surface area (Å²) in [7, 11) is 1.59. The molecule has 1 amide bonds. The Labute approximate surface area is 203 Å². The molecule has 3 aromatic rings. The lowest BCUT2D eigenvalue weighted by Gasteiger charge is -2.24. The van der Waals surface area contributed by atoms with E-state index in [1.165, 1.54) is 11.8 Å². The van der Waals surface area contributed by atoms with E-state index < -0.39 is 0 Å². The monoisotopic (exact) mass is 480 g/mol. The summed E-state index contributed by atoms with van der Waals surface area (Å²) in [6, 6.07) is 11.6. The van der Waals surface area contributed by atoms with Crippen LogP contribution in [-0.2, 0) is 9.47 Å². The molecule has 3 heterocycles. The molecule has 2 aliphatic rings. The second kappa shape index (κ2) is 9.77. The van der Waals surface area contributed by atoms with Gasteiger partial charge in [-0.3, -0.25) is 9.69 Å². The fourth-order valence-electron chi connectivity index (χ4n) is 4.64. The number of methoxy groups -OCH3 is 1. The molecule has 0 radical (unpaired) electrons. The van der Waals surface area contributed by atoms with Crippen molar-refractivity contribution in [1.82, 2.24) is 9.97 Å². The molecule has 0 spiro atoms. The Hall–Kier alpha value is -2.88. The van der Waals surface area contributed by atoms with Crippen molar-refractivity contribution in [3.05, 3.63) is 47.7 Å². The van der Waals surface area contributed by atoms with Gasteiger partial charge in [0, 0.05) is 38.3 Å². The standard InChI is InChI=1S/C25H28N4O4S/c1-16-22-21(23(27-25(26-22)34-3)28-9-6-11-32-12-10-28)24(30)29(16)20-14-18(33-15-31-2)13-17-7-4-5-8-19(17)20/h4-5,7-8,13-14,16H,6,9-12,15H2,1-3H3. The summed E-state index contributed by atoms with van der Waals surface area (Å²) in [5.74, 6) is 1.26. The highest BCUT2D eigenvalue weighted by molar-refractivity contribution is 7.98. The molecule has 2 aromatic carbocycles. The summed E-state index contributed by atoms with van der Waals surface area (Å²) in [6.45, 7) is 4.98. The van der Waals surface area contributed by atoms with Crippen LogP contribution in [0.1, 0.15) is 35.4 Å². The lowest BCUT2D eigenvalue weighted by molar-refractivity contribution is 0.0512. The Balaban J connectivity index is 1.64. The zero-order chi connectivity index (χ0) is 23.7. The third kappa shape index (κ3) is 4.08. The normalized spacial score (nSPS) is 18.3. The first-order valence-electron chi connectivity index (χ1n) is 11.4. The maximum Gasteiger partial charge on any atom is 0.264 e. The van der Waals surface area contributed by atoms with Crippen LogP contribution in [0.4, 0.5) is 11.5 Å². The van der Waals surface area contributed by atoms with E-state index in [-0.39, 0.29) is 18.7 Å². The molecule has 1 fully saturated rings. The third-order valence-electron chi connectivity index (χ3n) is 6.23. The van der Waals surface area contributed by atoms with E-state index in [1.54, 1.807) is 7.11 Å². The second-order valence-corrected chi connectivity index (χ2v) is 9.09. The van der Waals surface area contributed by atoms with Gasteiger partial charge in [-0.25, -0.2) is 9.97 Å². The summed E-state index contributed by atoms with van der Waals surface area (Å²) in [6.07, 6.45) is 2.85. The van der Waals surface area contributed by atoms with Crippen molar-refractivity contribution in [1.29, 1.82) is 0 Å². The van der Waals surface area contributed by atoms with Crippen molar-refractivity contribution >= 4 is 39.9 Å². The van der Waals surface area contributed by atoms with Gasteiger partial charge in [0.1, 0.15) is 17.1 Å². The van der Waals surface area contributed by atoms with Gasteiger partial charge in [-0.15, -0.1) is 0 Å². The number of fused-ring (bicyclic) bond motifs is 2. The molecule has 34 heavy (non-hydrogen) atoms. The van der Waals surface area contributed by atoms with Gasteiger partial charge in [-0.2, -0.15) is 0 Å². The van der Waals surface area contributed by atoms with Crippen molar-refractivity contribution in [2.24, 2.45) is 0 Å². The van der Waals surface area contributed by atoms with Crippen LogP contribution in [-0.4, -0.2) is 62.3 Å². The van der Waals surface area contributed by atoms with Crippen LogP contribution in [0.25, 0.3) is 10.8 Å². The Bertz CT molecular complexity index is 1210. The van der Waals surface area contributed by atoms with E-state index >= 15 is 0 Å². The largest absolute Gasteiger partial charge is 0.467 e. The van der Waals surface area contributed by atoms with Gasteiger partial charge in [0.25, 0.3) is 5.91 Å². The minimum Gasteiger partial charge on any atom is -0.467 e. The lowest BCUT2D eigenvalue weighted by atomic mass is 10.1. The van der Waals surface area contributed by atoms with Crippen LogP contribution in [0.2, 0.25) is 0 Å². The molecule has 1 atom stereocenters. The topological polar surface area (TPSA) is 77.0 Å². The Morgan fingerprint density at radius 3 is 2.85 bits per heavy atom. The number of benzene rings is 2. The van der Waals surface area contributed by atoms with Crippen molar-refractivity contribution in [3.63, 3.8) is 0 Å². The van der Waals surface area contributed by atoms with E-state index in [0.29, 0.717) is 35.4 Å². The number of hydrogen-bond donors (Lipinski definition) is 0.